The molecule has 2 aliphatic rings. The number of rotatable bonds is 4. The second-order valence-electron chi connectivity index (χ2n) is 8.12. The lowest BCUT2D eigenvalue weighted by Gasteiger charge is -2.34. The Morgan fingerprint density at radius 1 is 1.27 bits per heavy atom. The quantitative estimate of drug-likeness (QED) is 0.705. The highest BCUT2D eigenvalue weighted by Crippen LogP contribution is 2.33. The highest BCUT2D eigenvalue weighted by atomic mass is 16.5. The molecule has 2 fully saturated rings. The minimum atomic E-state index is 0.0958. The van der Waals surface area contributed by atoms with Gasteiger partial charge in [-0.3, -0.25) is 9.48 Å². The number of amides is 1. The van der Waals surface area contributed by atoms with Crippen molar-refractivity contribution in [1.29, 1.82) is 5.26 Å². The van der Waals surface area contributed by atoms with Gasteiger partial charge in [0, 0.05) is 48.6 Å². The average molecular weight is 405 g/mol. The maximum Gasteiger partial charge on any atom is 0.225 e. The summed E-state index contributed by atoms with van der Waals surface area (Å²) in [5.41, 5.74) is 8.78. The van der Waals surface area contributed by atoms with E-state index in [1.807, 2.05) is 34.2 Å². The Hall–Kier alpha value is -3.38. The Labute approximate surface area is 173 Å². The number of fused-ring (bicyclic) bond motifs is 1. The molecule has 0 unspecified atom stereocenters. The van der Waals surface area contributed by atoms with Crippen molar-refractivity contribution in [3.05, 3.63) is 36.4 Å². The molecular weight excluding hydrogens is 382 g/mol. The van der Waals surface area contributed by atoms with Crippen LogP contribution >= 0.6 is 0 Å². The zero-order chi connectivity index (χ0) is 20.8. The van der Waals surface area contributed by atoms with Crippen LogP contribution in [0, 0.1) is 17.2 Å². The van der Waals surface area contributed by atoms with E-state index >= 15 is 0 Å². The molecule has 1 amide bonds. The normalized spacial score (nSPS) is 23.4. The van der Waals surface area contributed by atoms with Crippen molar-refractivity contribution in [2.75, 3.05) is 20.2 Å². The predicted octanol–water partition coefficient (Wildman–Crippen LogP) is 1.59. The van der Waals surface area contributed by atoms with E-state index in [0.717, 1.165) is 36.9 Å². The van der Waals surface area contributed by atoms with Gasteiger partial charge in [0.1, 0.15) is 22.9 Å². The van der Waals surface area contributed by atoms with Gasteiger partial charge >= 0.3 is 0 Å². The molecule has 154 valence electrons. The lowest BCUT2D eigenvalue weighted by Crippen LogP contribution is -2.46. The summed E-state index contributed by atoms with van der Waals surface area (Å²) < 4.78 is 9.09. The molecule has 0 radical (unpaired) electrons. The summed E-state index contributed by atoms with van der Waals surface area (Å²) in [5, 5.41) is 18.1. The third kappa shape index (κ3) is 3.00. The van der Waals surface area contributed by atoms with Crippen LogP contribution in [-0.4, -0.2) is 56.4 Å². The Morgan fingerprint density at radius 3 is 2.83 bits per heavy atom. The van der Waals surface area contributed by atoms with Crippen molar-refractivity contribution >= 4 is 11.4 Å². The van der Waals surface area contributed by atoms with Crippen LogP contribution in [0.2, 0.25) is 0 Å². The Bertz CT molecular complexity index is 1150. The molecule has 1 atom stereocenters. The number of likely N-dealkylation sites (tertiary alicyclic amines) is 1. The summed E-state index contributed by atoms with van der Waals surface area (Å²) in [6.07, 6.45) is 9.69. The van der Waals surface area contributed by atoms with Gasteiger partial charge in [-0.25, -0.2) is 4.52 Å². The molecule has 2 N–H and O–H groups in total. The topological polar surface area (TPSA) is 114 Å². The SMILES string of the molecule is COc1cc(-c2cnn([C@@H]3CCN(C(=O)[C@H]4C[C@@H](N)C4)C3)c2)cn2ncc(C#N)c12. The standard InChI is InChI=1S/C21H23N7O2/c1-30-19-6-14(10-28-20(19)15(7-22)8-25-28)16-9-24-27(11-16)18-2-3-26(12-18)21(29)13-4-17(23)5-13/h6,8-11,13,17-18H,2-5,12,23H2,1H3/t13-,17+,18-/m1/s1. The fourth-order valence-electron chi connectivity index (χ4n) is 4.45. The van der Waals surface area contributed by atoms with Crippen LogP contribution in [0.3, 0.4) is 0 Å². The molecule has 5 rings (SSSR count). The summed E-state index contributed by atoms with van der Waals surface area (Å²) in [7, 11) is 1.58. The second kappa shape index (κ2) is 7.15. The van der Waals surface area contributed by atoms with Crippen LogP contribution in [0.5, 0.6) is 5.75 Å². The Balaban J connectivity index is 1.36. The molecule has 1 saturated carbocycles. The second-order valence-corrected chi connectivity index (χ2v) is 8.12. The summed E-state index contributed by atoms with van der Waals surface area (Å²) in [4.78, 5) is 14.5. The van der Waals surface area contributed by atoms with Crippen LogP contribution < -0.4 is 10.5 Å². The molecule has 1 aliphatic heterocycles. The lowest BCUT2D eigenvalue weighted by atomic mass is 9.80. The van der Waals surface area contributed by atoms with E-state index in [1.54, 1.807) is 11.6 Å². The molecule has 0 spiro atoms. The molecule has 9 heteroatoms. The van der Waals surface area contributed by atoms with Crippen molar-refractivity contribution in [2.24, 2.45) is 11.7 Å². The van der Waals surface area contributed by atoms with Crippen molar-refractivity contribution in [3.8, 4) is 22.9 Å². The van der Waals surface area contributed by atoms with Crippen molar-refractivity contribution < 1.29 is 9.53 Å². The molecule has 3 aromatic heterocycles. The maximum atomic E-state index is 12.6. The zero-order valence-corrected chi connectivity index (χ0v) is 16.7. The molecule has 0 aromatic carbocycles. The predicted molar refractivity (Wildman–Crippen MR) is 109 cm³/mol. The summed E-state index contributed by atoms with van der Waals surface area (Å²) in [5.74, 6) is 0.915. The van der Waals surface area contributed by atoms with Gasteiger partial charge in [-0.05, 0) is 25.3 Å². The van der Waals surface area contributed by atoms with Gasteiger partial charge in [0.25, 0.3) is 0 Å². The van der Waals surface area contributed by atoms with Gasteiger partial charge in [0.2, 0.25) is 5.91 Å². The number of carbonyl (C=O) groups excluding carboxylic acids is 1. The fraction of sp³-hybridized carbons (Fsp3) is 0.429. The first kappa shape index (κ1) is 18.6. The van der Waals surface area contributed by atoms with E-state index in [-0.39, 0.29) is 23.9 Å². The van der Waals surface area contributed by atoms with Gasteiger partial charge in [0.05, 0.1) is 25.5 Å². The minimum Gasteiger partial charge on any atom is -0.494 e. The van der Waals surface area contributed by atoms with E-state index in [9.17, 15) is 10.1 Å². The first-order valence-electron chi connectivity index (χ1n) is 10.1. The van der Waals surface area contributed by atoms with Gasteiger partial charge in [-0.2, -0.15) is 15.5 Å². The molecular formula is C21H23N7O2. The number of pyridine rings is 1. The number of aromatic nitrogens is 4. The number of ether oxygens (including phenoxy) is 1. The summed E-state index contributed by atoms with van der Waals surface area (Å²) in [6, 6.07) is 4.37. The zero-order valence-electron chi connectivity index (χ0n) is 16.7. The van der Waals surface area contributed by atoms with E-state index in [1.165, 1.54) is 6.20 Å². The average Bonchev–Trinajstić information content (AvgIpc) is 3.48. The molecule has 1 aliphatic carbocycles. The van der Waals surface area contributed by atoms with E-state index in [2.05, 4.69) is 16.3 Å². The molecule has 4 heterocycles. The fourth-order valence-corrected chi connectivity index (χ4v) is 4.45. The molecule has 30 heavy (non-hydrogen) atoms. The van der Waals surface area contributed by atoms with Crippen molar-refractivity contribution in [1.82, 2.24) is 24.3 Å². The van der Waals surface area contributed by atoms with Gasteiger partial charge in [-0.1, -0.05) is 0 Å². The van der Waals surface area contributed by atoms with Crippen LogP contribution in [0.25, 0.3) is 16.6 Å². The van der Waals surface area contributed by atoms with Crippen molar-refractivity contribution in [2.45, 2.75) is 31.3 Å². The van der Waals surface area contributed by atoms with Gasteiger partial charge in [0.15, 0.2) is 0 Å². The molecule has 0 bridgehead atoms. The maximum absolute atomic E-state index is 12.6. The van der Waals surface area contributed by atoms with Crippen LogP contribution in [-0.2, 0) is 4.79 Å². The third-order valence-corrected chi connectivity index (χ3v) is 6.22. The van der Waals surface area contributed by atoms with E-state index < -0.39 is 0 Å². The van der Waals surface area contributed by atoms with Crippen LogP contribution in [0.4, 0.5) is 0 Å². The first-order valence-corrected chi connectivity index (χ1v) is 10.1. The number of nitrogens with zero attached hydrogens (tertiary/aromatic N) is 6. The number of methoxy groups -OCH3 is 1. The number of nitrogens with two attached hydrogens (primary N) is 1. The monoisotopic (exact) mass is 405 g/mol. The lowest BCUT2D eigenvalue weighted by molar-refractivity contribution is -0.137. The van der Waals surface area contributed by atoms with Gasteiger partial charge < -0.3 is 15.4 Å². The molecule has 1 saturated heterocycles. The Morgan fingerprint density at radius 2 is 2.10 bits per heavy atom. The minimum absolute atomic E-state index is 0.0958. The first-order chi connectivity index (χ1) is 14.6. The van der Waals surface area contributed by atoms with E-state index in [0.29, 0.717) is 23.4 Å². The largest absolute Gasteiger partial charge is 0.494 e. The highest BCUT2D eigenvalue weighted by Gasteiger charge is 2.37. The third-order valence-electron chi connectivity index (χ3n) is 6.22. The Kier molecular flexibility index (Phi) is 4.44. The number of nitriles is 1. The van der Waals surface area contributed by atoms with E-state index in [4.69, 9.17) is 10.5 Å². The molecule has 9 nitrogen and oxygen atoms in total. The van der Waals surface area contributed by atoms with Crippen molar-refractivity contribution in [3.63, 3.8) is 0 Å². The molecule has 3 aromatic rings. The smallest absolute Gasteiger partial charge is 0.225 e. The highest BCUT2D eigenvalue weighted by molar-refractivity contribution is 5.80. The number of hydrogen-bond acceptors (Lipinski definition) is 6. The number of carbonyl (C=O) groups is 1. The van der Waals surface area contributed by atoms with Gasteiger partial charge in [-0.15, -0.1) is 0 Å². The van der Waals surface area contributed by atoms with Crippen LogP contribution in [0.1, 0.15) is 30.9 Å². The van der Waals surface area contributed by atoms with Crippen LogP contribution in [0.15, 0.2) is 30.9 Å². The summed E-state index contributed by atoms with van der Waals surface area (Å²) >= 11 is 0. The summed E-state index contributed by atoms with van der Waals surface area (Å²) in [6.45, 7) is 1.44. The number of hydrogen-bond donors (Lipinski definition) is 1.